The highest BCUT2D eigenvalue weighted by molar-refractivity contribution is 5.92. The van der Waals surface area contributed by atoms with E-state index in [9.17, 15) is 15.0 Å². The van der Waals surface area contributed by atoms with E-state index >= 15 is 0 Å². The largest absolute Gasteiger partial charge is 0.508 e. The molecule has 0 aliphatic heterocycles. The van der Waals surface area contributed by atoms with Crippen LogP contribution in [0.1, 0.15) is 27.6 Å². The van der Waals surface area contributed by atoms with E-state index in [-0.39, 0.29) is 17.3 Å². The second-order valence-corrected chi connectivity index (χ2v) is 5.13. The van der Waals surface area contributed by atoms with E-state index in [4.69, 9.17) is 0 Å². The van der Waals surface area contributed by atoms with Crippen molar-refractivity contribution >= 4 is 17.9 Å². The van der Waals surface area contributed by atoms with Crippen LogP contribution in [0.5, 0.6) is 11.5 Å². The molecule has 2 heterocycles. The first-order valence-electron chi connectivity index (χ1n) is 7.00. The molecule has 0 aliphatic rings. The summed E-state index contributed by atoms with van der Waals surface area (Å²) < 4.78 is 1.47. The highest BCUT2D eigenvalue weighted by Gasteiger charge is 2.14. The maximum atomic E-state index is 12.0. The van der Waals surface area contributed by atoms with Crippen molar-refractivity contribution in [3.63, 3.8) is 0 Å². The number of carbonyl (C=O) groups is 1. The fourth-order valence-corrected chi connectivity index (χ4v) is 2.11. The van der Waals surface area contributed by atoms with Gasteiger partial charge in [0.1, 0.15) is 11.5 Å². The second kappa shape index (κ2) is 5.95. The predicted octanol–water partition coefficient (Wildman–Crippen LogP) is 0.916. The van der Waals surface area contributed by atoms with Gasteiger partial charge < -0.3 is 10.2 Å². The number of nitrogens with one attached hydrogen (secondary N) is 1. The Labute approximate surface area is 136 Å². The van der Waals surface area contributed by atoms with Crippen LogP contribution in [-0.4, -0.2) is 41.9 Å². The van der Waals surface area contributed by atoms with Crippen LogP contribution in [0.4, 0.5) is 0 Å². The Morgan fingerprint density at radius 2 is 2.04 bits per heavy atom. The van der Waals surface area contributed by atoms with Gasteiger partial charge in [0.2, 0.25) is 5.82 Å². The molecule has 2 aromatic heterocycles. The lowest BCUT2D eigenvalue weighted by Crippen LogP contribution is -2.19. The average Bonchev–Trinajstić information content (AvgIpc) is 2.93. The van der Waals surface area contributed by atoms with Crippen molar-refractivity contribution in [2.24, 2.45) is 5.10 Å². The minimum atomic E-state index is -0.605. The SMILES string of the molecule is Cc1cc(C)n2nc(C(=O)N/N=C\c3ccc(O)cc3O)nc2n1. The average molecular weight is 326 g/mol. The monoisotopic (exact) mass is 326 g/mol. The normalized spacial score (nSPS) is 11.2. The van der Waals surface area contributed by atoms with Crippen molar-refractivity contribution in [1.82, 2.24) is 25.0 Å². The van der Waals surface area contributed by atoms with Crippen LogP contribution >= 0.6 is 0 Å². The fourth-order valence-electron chi connectivity index (χ4n) is 2.11. The quantitative estimate of drug-likeness (QED) is 0.485. The molecule has 9 nitrogen and oxygen atoms in total. The van der Waals surface area contributed by atoms with E-state index < -0.39 is 5.91 Å². The summed E-state index contributed by atoms with van der Waals surface area (Å²) in [5.74, 6) is -0.567. The van der Waals surface area contributed by atoms with Gasteiger partial charge in [0.05, 0.1) is 6.21 Å². The predicted molar refractivity (Wildman–Crippen MR) is 85.1 cm³/mol. The summed E-state index contributed by atoms with van der Waals surface area (Å²) in [4.78, 5) is 20.3. The Kier molecular flexibility index (Phi) is 3.82. The van der Waals surface area contributed by atoms with Crippen molar-refractivity contribution in [3.05, 3.63) is 47.0 Å². The molecule has 122 valence electrons. The number of benzene rings is 1. The summed E-state index contributed by atoms with van der Waals surface area (Å²) in [6.07, 6.45) is 1.25. The number of hydrazone groups is 1. The molecule has 1 amide bonds. The minimum absolute atomic E-state index is 0.0664. The number of carbonyl (C=O) groups excluding carboxylic acids is 1. The molecule has 9 heteroatoms. The number of phenols is 2. The van der Waals surface area contributed by atoms with Crippen LogP contribution in [0.3, 0.4) is 0 Å². The van der Waals surface area contributed by atoms with Gasteiger partial charge >= 0.3 is 5.91 Å². The van der Waals surface area contributed by atoms with Gasteiger partial charge in [-0.3, -0.25) is 4.79 Å². The van der Waals surface area contributed by atoms with Gasteiger partial charge in [-0.15, -0.1) is 5.10 Å². The number of aromatic hydroxyl groups is 2. The number of rotatable bonds is 3. The van der Waals surface area contributed by atoms with Crippen LogP contribution < -0.4 is 5.43 Å². The van der Waals surface area contributed by atoms with E-state index in [1.165, 1.54) is 28.9 Å². The van der Waals surface area contributed by atoms with E-state index in [0.717, 1.165) is 11.4 Å². The number of aryl methyl sites for hydroxylation is 2. The summed E-state index contributed by atoms with van der Waals surface area (Å²) in [5, 5.41) is 26.7. The number of fused-ring (bicyclic) bond motifs is 1. The molecular formula is C15H14N6O3. The Morgan fingerprint density at radius 3 is 2.79 bits per heavy atom. The molecule has 24 heavy (non-hydrogen) atoms. The topological polar surface area (TPSA) is 125 Å². The Morgan fingerprint density at radius 1 is 1.25 bits per heavy atom. The van der Waals surface area contributed by atoms with Gasteiger partial charge in [-0.2, -0.15) is 10.1 Å². The third kappa shape index (κ3) is 3.00. The molecule has 1 aromatic carbocycles. The highest BCUT2D eigenvalue weighted by Crippen LogP contribution is 2.20. The maximum Gasteiger partial charge on any atom is 0.311 e. The molecule has 3 aromatic rings. The van der Waals surface area contributed by atoms with Crippen LogP contribution in [0.15, 0.2) is 29.4 Å². The first kappa shape index (κ1) is 15.4. The number of phenolic OH excluding ortho intramolecular Hbond substituents is 2. The first-order chi connectivity index (χ1) is 11.4. The third-order valence-electron chi connectivity index (χ3n) is 3.21. The molecular weight excluding hydrogens is 312 g/mol. The van der Waals surface area contributed by atoms with Crippen LogP contribution in [-0.2, 0) is 0 Å². The minimum Gasteiger partial charge on any atom is -0.508 e. The van der Waals surface area contributed by atoms with Crippen molar-refractivity contribution in [3.8, 4) is 11.5 Å². The summed E-state index contributed by atoms with van der Waals surface area (Å²) in [5.41, 5.74) is 4.20. The van der Waals surface area contributed by atoms with Crippen LogP contribution in [0.2, 0.25) is 0 Å². The zero-order valence-electron chi connectivity index (χ0n) is 12.9. The molecule has 0 unspecified atom stereocenters. The fraction of sp³-hybridized carbons (Fsp3) is 0.133. The maximum absolute atomic E-state index is 12.0. The van der Waals surface area contributed by atoms with Gasteiger partial charge in [0.25, 0.3) is 5.78 Å². The molecule has 3 rings (SSSR count). The number of amides is 1. The van der Waals surface area contributed by atoms with Gasteiger partial charge in [-0.25, -0.2) is 14.9 Å². The van der Waals surface area contributed by atoms with Crippen LogP contribution in [0, 0.1) is 13.8 Å². The summed E-state index contributed by atoms with van der Waals surface area (Å²) in [6, 6.07) is 5.85. The van der Waals surface area contributed by atoms with Crippen molar-refractivity contribution in [2.75, 3.05) is 0 Å². The lowest BCUT2D eigenvalue weighted by Gasteiger charge is -1.99. The van der Waals surface area contributed by atoms with E-state index in [0.29, 0.717) is 11.3 Å². The van der Waals surface area contributed by atoms with Crippen LogP contribution in [0.25, 0.3) is 5.78 Å². The van der Waals surface area contributed by atoms with E-state index in [1.54, 1.807) is 0 Å². The van der Waals surface area contributed by atoms with Gasteiger partial charge in [0, 0.05) is 23.0 Å². The Hall–Kier alpha value is -3.49. The van der Waals surface area contributed by atoms with E-state index in [1.807, 2.05) is 19.9 Å². The molecule has 0 saturated heterocycles. The zero-order valence-corrected chi connectivity index (χ0v) is 12.9. The first-order valence-corrected chi connectivity index (χ1v) is 7.00. The number of hydrogen-bond acceptors (Lipinski definition) is 7. The summed E-state index contributed by atoms with van der Waals surface area (Å²) in [7, 11) is 0. The Balaban J connectivity index is 1.77. The van der Waals surface area contributed by atoms with Gasteiger partial charge in [-0.1, -0.05) is 0 Å². The Bertz CT molecular complexity index is 963. The molecule has 3 N–H and O–H groups in total. The molecule has 0 atom stereocenters. The van der Waals surface area contributed by atoms with Gasteiger partial charge in [0.15, 0.2) is 0 Å². The van der Waals surface area contributed by atoms with Crippen molar-refractivity contribution in [1.29, 1.82) is 0 Å². The standard InChI is InChI=1S/C15H14N6O3/c1-8-5-9(2)21-15(17-8)18-13(20-21)14(24)19-16-7-10-3-4-11(22)6-12(10)23/h3-7,22-23H,1-2H3,(H,19,24)/b16-7-. The third-order valence-corrected chi connectivity index (χ3v) is 3.21. The molecule has 0 bridgehead atoms. The molecule has 0 saturated carbocycles. The second-order valence-electron chi connectivity index (χ2n) is 5.13. The van der Waals surface area contributed by atoms with Crippen molar-refractivity contribution < 1.29 is 15.0 Å². The molecule has 0 spiro atoms. The molecule has 0 fully saturated rings. The highest BCUT2D eigenvalue weighted by atomic mass is 16.3. The van der Waals surface area contributed by atoms with Gasteiger partial charge in [-0.05, 0) is 32.0 Å². The summed E-state index contributed by atoms with van der Waals surface area (Å²) in [6.45, 7) is 3.67. The van der Waals surface area contributed by atoms with Crippen molar-refractivity contribution in [2.45, 2.75) is 13.8 Å². The smallest absolute Gasteiger partial charge is 0.311 e. The zero-order chi connectivity index (χ0) is 17.3. The summed E-state index contributed by atoms with van der Waals surface area (Å²) >= 11 is 0. The van der Waals surface area contributed by atoms with E-state index in [2.05, 4.69) is 25.6 Å². The molecule has 0 radical (unpaired) electrons. The lowest BCUT2D eigenvalue weighted by molar-refractivity contribution is 0.0945. The lowest BCUT2D eigenvalue weighted by atomic mass is 10.2. The molecule has 0 aliphatic carbocycles. The number of nitrogens with zero attached hydrogens (tertiary/aromatic N) is 5. The number of hydrogen-bond donors (Lipinski definition) is 3. The number of aromatic nitrogens is 4.